The van der Waals surface area contributed by atoms with Crippen LogP contribution in [0.25, 0.3) is 5.69 Å². The monoisotopic (exact) mass is 414 g/mol. The predicted octanol–water partition coefficient (Wildman–Crippen LogP) is 3.67. The number of amides is 1. The third kappa shape index (κ3) is 4.33. The summed E-state index contributed by atoms with van der Waals surface area (Å²) in [4.78, 5) is 12.5. The van der Waals surface area contributed by atoms with Gasteiger partial charge in [-0.2, -0.15) is 5.10 Å². The summed E-state index contributed by atoms with van der Waals surface area (Å²) in [6.45, 7) is 5.07. The third-order valence-corrected chi connectivity index (χ3v) is 5.13. The smallest absolute Gasteiger partial charge is 0.251 e. The van der Waals surface area contributed by atoms with Crippen LogP contribution in [0, 0.1) is 19.7 Å². The van der Waals surface area contributed by atoms with E-state index in [9.17, 15) is 9.18 Å². The minimum absolute atomic E-state index is 0. The number of nitrogens with zero attached hydrogens (tertiary/aromatic N) is 2. The number of aromatic nitrogens is 2. The van der Waals surface area contributed by atoms with Gasteiger partial charge in [0.15, 0.2) is 0 Å². The summed E-state index contributed by atoms with van der Waals surface area (Å²) in [5, 5.41) is 10.7. The topological polar surface area (TPSA) is 59.0 Å². The van der Waals surface area contributed by atoms with Crippen LogP contribution < -0.4 is 10.6 Å². The molecule has 3 aromatic rings. The highest BCUT2D eigenvalue weighted by molar-refractivity contribution is 5.94. The Labute approximate surface area is 175 Å². The molecular formula is C22H24ClFN4O. The first-order chi connectivity index (χ1) is 13.5. The Morgan fingerprint density at radius 3 is 2.76 bits per heavy atom. The maximum absolute atomic E-state index is 14.6. The number of hydrogen-bond acceptors (Lipinski definition) is 3. The molecule has 4 rings (SSSR count). The van der Waals surface area contributed by atoms with E-state index in [1.807, 2.05) is 32.0 Å². The second-order valence-electron chi connectivity index (χ2n) is 7.17. The van der Waals surface area contributed by atoms with E-state index in [2.05, 4.69) is 27.9 Å². The molecule has 0 radical (unpaired) electrons. The Kier molecular flexibility index (Phi) is 6.35. The Bertz CT molecular complexity index is 1030. The maximum Gasteiger partial charge on any atom is 0.251 e. The Morgan fingerprint density at radius 1 is 1.24 bits per heavy atom. The van der Waals surface area contributed by atoms with E-state index in [4.69, 9.17) is 0 Å². The van der Waals surface area contributed by atoms with Gasteiger partial charge < -0.3 is 10.6 Å². The first-order valence-corrected chi connectivity index (χ1v) is 9.45. The molecule has 1 atom stereocenters. The summed E-state index contributed by atoms with van der Waals surface area (Å²) in [5.41, 5.74) is 4.81. The first kappa shape index (κ1) is 21.0. The molecule has 1 aromatic heterocycles. The largest absolute Gasteiger partial charge is 0.350 e. The molecule has 0 spiro atoms. The van der Waals surface area contributed by atoms with Crippen molar-refractivity contribution in [3.8, 4) is 5.69 Å². The van der Waals surface area contributed by atoms with E-state index in [0.717, 1.165) is 24.4 Å². The fourth-order valence-electron chi connectivity index (χ4n) is 3.76. The van der Waals surface area contributed by atoms with Gasteiger partial charge in [-0.25, -0.2) is 9.07 Å². The number of hydrogen-bond donors (Lipinski definition) is 2. The van der Waals surface area contributed by atoms with E-state index in [1.54, 1.807) is 16.8 Å². The van der Waals surface area contributed by atoms with E-state index < -0.39 is 5.82 Å². The van der Waals surface area contributed by atoms with Gasteiger partial charge in [-0.1, -0.05) is 24.3 Å². The zero-order valence-corrected chi connectivity index (χ0v) is 17.2. The van der Waals surface area contributed by atoms with Crippen LogP contribution in [0.3, 0.4) is 0 Å². The number of aryl methyl sites for hydroxylation is 2. The van der Waals surface area contributed by atoms with Gasteiger partial charge in [-0.05, 0) is 62.2 Å². The molecule has 0 aliphatic carbocycles. The number of nitrogens with one attached hydrogen (secondary N) is 2. The quantitative estimate of drug-likeness (QED) is 0.684. The van der Waals surface area contributed by atoms with Gasteiger partial charge in [0.05, 0.1) is 5.69 Å². The lowest BCUT2D eigenvalue weighted by Gasteiger charge is -2.27. The zero-order valence-electron chi connectivity index (χ0n) is 16.4. The highest BCUT2D eigenvalue weighted by Gasteiger charge is 2.20. The minimum atomic E-state index is -0.472. The lowest BCUT2D eigenvalue weighted by atomic mass is 9.94. The number of halogens is 2. The first-order valence-electron chi connectivity index (χ1n) is 9.45. The average molecular weight is 415 g/mol. The predicted molar refractivity (Wildman–Crippen MR) is 113 cm³/mol. The second kappa shape index (κ2) is 8.76. The van der Waals surface area contributed by atoms with Crippen molar-refractivity contribution in [2.24, 2.45) is 0 Å². The normalized spacial score (nSPS) is 15.3. The summed E-state index contributed by atoms with van der Waals surface area (Å²) in [7, 11) is 0. The van der Waals surface area contributed by atoms with Crippen LogP contribution in [0.15, 0.2) is 48.5 Å². The SMILES string of the molecule is Cc1cc(C)n(-c2ccc(C(=O)NCC3NCCc4ccccc43)cc2F)n1.Cl. The molecule has 2 aromatic carbocycles. The lowest BCUT2D eigenvalue weighted by Crippen LogP contribution is -2.38. The minimum Gasteiger partial charge on any atom is -0.350 e. The highest BCUT2D eigenvalue weighted by Crippen LogP contribution is 2.22. The van der Waals surface area contributed by atoms with Crippen molar-refractivity contribution < 1.29 is 9.18 Å². The fraction of sp³-hybridized carbons (Fsp3) is 0.273. The van der Waals surface area contributed by atoms with Crippen molar-refractivity contribution in [1.29, 1.82) is 0 Å². The summed E-state index contributed by atoms with van der Waals surface area (Å²) >= 11 is 0. The molecule has 0 saturated heterocycles. The van der Waals surface area contributed by atoms with Crippen molar-refractivity contribution in [3.63, 3.8) is 0 Å². The Morgan fingerprint density at radius 2 is 2.03 bits per heavy atom. The number of fused-ring (bicyclic) bond motifs is 1. The van der Waals surface area contributed by atoms with Gasteiger partial charge in [0, 0.05) is 23.8 Å². The van der Waals surface area contributed by atoms with Crippen LogP contribution in [-0.4, -0.2) is 28.8 Å². The van der Waals surface area contributed by atoms with Gasteiger partial charge >= 0.3 is 0 Å². The number of carbonyl (C=O) groups is 1. The molecule has 1 aliphatic heterocycles. The van der Waals surface area contributed by atoms with Gasteiger partial charge in [0.25, 0.3) is 5.91 Å². The molecule has 29 heavy (non-hydrogen) atoms. The van der Waals surface area contributed by atoms with Gasteiger partial charge in [-0.3, -0.25) is 4.79 Å². The molecule has 1 unspecified atom stereocenters. The molecule has 7 heteroatoms. The number of rotatable bonds is 4. The van der Waals surface area contributed by atoms with Crippen molar-refractivity contribution in [2.45, 2.75) is 26.3 Å². The molecule has 1 amide bonds. The molecule has 2 N–H and O–H groups in total. The van der Waals surface area contributed by atoms with Crippen LogP contribution in [0.1, 0.15) is 38.9 Å². The molecule has 2 heterocycles. The summed E-state index contributed by atoms with van der Waals surface area (Å²) in [6, 6.07) is 14.7. The van der Waals surface area contributed by atoms with E-state index in [1.165, 1.54) is 17.2 Å². The van der Waals surface area contributed by atoms with Crippen LogP contribution in [-0.2, 0) is 6.42 Å². The van der Waals surface area contributed by atoms with E-state index >= 15 is 0 Å². The molecule has 5 nitrogen and oxygen atoms in total. The standard InChI is InChI=1S/C22H23FN4O.ClH/c1-14-11-15(2)27(26-14)21-8-7-17(12-19(21)23)22(28)25-13-20-18-6-4-3-5-16(18)9-10-24-20;/h3-8,11-12,20,24H,9-10,13H2,1-2H3,(H,25,28);1H. The summed E-state index contributed by atoms with van der Waals surface area (Å²) in [6.07, 6.45) is 0.986. The van der Waals surface area contributed by atoms with Crippen LogP contribution in [0.5, 0.6) is 0 Å². The van der Waals surface area contributed by atoms with Crippen LogP contribution in [0.4, 0.5) is 4.39 Å². The molecule has 0 saturated carbocycles. The second-order valence-corrected chi connectivity index (χ2v) is 7.17. The summed E-state index contributed by atoms with van der Waals surface area (Å²) in [5.74, 6) is -0.761. The zero-order chi connectivity index (χ0) is 19.7. The van der Waals surface area contributed by atoms with Crippen molar-refractivity contribution >= 4 is 18.3 Å². The van der Waals surface area contributed by atoms with E-state index in [-0.39, 0.29) is 24.4 Å². The van der Waals surface area contributed by atoms with Crippen molar-refractivity contribution in [3.05, 3.63) is 82.4 Å². The fourth-order valence-corrected chi connectivity index (χ4v) is 3.76. The lowest BCUT2D eigenvalue weighted by molar-refractivity contribution is 0.0948. The summed E-state index contributed by atoms with van der Waals surface area (Å²) < 4.78 is 16.2. The molecule has 152 valence electrons. The molecule has 1 aliphatic rings. The van der Waals surface area contributed by atoms with Crippen molar-refractivity contribution in [2.75, 3.05) is 13.1 Å². The highest BCUT2D eigenvalue weighted by atomic mass is 35.5. The average Bonchev–Trinajstić information content (AvgIpc) is 3.03. The number of benzene rings is 2. The van der Waals surface area contributed by atoms with Crippen LogP contribution >= 0.6 is 12.4 Å². The molecule has 0 bridgehead atoms. The molecular weight excluding hydrogens is 391 g/mol. The molecule has 0 fully saturated rings. The van der Waals surface area contributed by atoms with Crippen molar-refractivity contribution in [1.82, 2.24) is 20.4 Å². The van der Waals surface area contributed by atoms with Gasteiger partial charge in [0.1, 0.15) is 11.5 Å². The van der Waals surface area contributed by atoms with E-state index in [0.29, 0.717) is 17.8 Å². The van der Waals surface area contributed by atoms with Gasteiger partial charge in [-0.15, -0.1) is 12.4 Å². The van der Waals surface area contributed by atoms with Gasteiger partial charge in [0.2, 0.25) is 0 Å². The maximum atomic E-state index is 14.6. The Hall–Kier alpha value is -2.70. The third-order valence-electron chi connectivity index (χ3n) is 5.13. The Balaban J connectivity index is 0.00000240. The van der Waals surface area contributed by atoms with Crippen LogP contribution in [0.2, 0.25) is 0 Å². The number of carbonyl (C=O) groups excluding carboxylic acids is 1.